The summed E-state index contributed by atoms with van der Waals surface area (Å²) in [5.74, 6) is 1.12. The Kier molecular flexibility index (Phi) is 10.7. The molecule has 1 N–H and O–H groups in total. The van der Waals surface area contributed by atoms with E-state index in [2.05, 4.69) is 19.9 Å². The Hall–Kier alpha value is -0.720. The average Bonchev–Trinajstić information content (AvgIpc) is 3.27. The highest BCUT2D eigenvalue weighted by molar-refractivity contribution is 8.40. The number of thioether (sulfide) groups is 4. The van der Waals surface area contributed by atoms with Crippen LogP contribution in [0.2, 0.25) is 0 Å². The van der Waals surface area contributed by atoms with Crippen molar-refractivity contribution in [3.8, 4) is 6.07 Å². The second-order valence-corrected chi connectivity index (χ2v) is 12.1. The van der Waals surface area contributed by atoms with E-state index in [1.54, 1.807) is 6.07 Å². The standard InChI is InChI=1S/C20H23NO2S5/c1-3-5-9-24-19-20(25-10-6-4-2)28-17(27-19)12-16-8-7-15(26-16)11-14(13-21)18(22)23/h7-8,11-12H,3-6,9-10H2,1-2H3,(H,22,23)/b14-11+. The second-order valence-electron chi connectivity index (χ2n) is 5.86. The molecule has 0 saturated heterocycles. The van der Waals surface area contributed by atoms with Crippen molar-refractivity contribution in [2.24, 2.45) is 0 Å². The first-order valence-corrected chi connectivity index (χ1v) is 13.5. The van der Waals surface area contributed by atoms with Crippen LogP contribution in [0.4, 0.5) is 0 Å². The van der Waals surface area contributed by atoms with Crippen LogP contribution in [0, 0.1) is 11.3 Å². The second kappa shape index (κ2) is 12.8. The van der Waals surface area contributed by atoms with Crippen LogP contribution in [0.1, 0.15) is 49.3 Å². The van der Waals surface area contributed by atoms with Crippen LogP contribution >= 0.6 is 58.4 Å². The summed E-state index contributed by atoms with van der Waals surface area (Å²) in [6.45, 7) is 4.44. The molecule has 0 radical (unpaired) electrons. The van der Waals surface area contributed by atoms with E-state index < -0.39 is 5.97 Å². The molecule has 1 aliphatic rings. The maximum absolute atomic E-state index is 11.0. The van der Waals surface area contributed by atoms with Crippen molar-refractivity contribution in [2.75, 3.05) is 11.5 Å². The van der Waals surface area contributed by atoms with E-state index in [1.165, 1.54) is 55.8 Å². The van der Waals surface area contributed by atoms with Gasteiger partial charge in [-0.25, -0.2) is 4.79 Å². The molecule has 0 saturated carbocycles. The van der Waals surface area contributed by atoms with E-state index in [-0.39, 0.29) is 5.57 Å². The minimum Gasteiger partial charge on any atom is -0.477 e. The Morgan fingerprint density at radius 2 is 1.68 bits per heavy atom. The highest BCUT2D eigenvalue weighted by Gasteiger charge is 2.22. The van der Waals surface area contributed by atoms with E-state index in [0.29, 0.717) is 0 Å². The molecular weight excluding hydrogens is 447 g/mol. The first-order valence-electron chi connectivity index (χ1n) is 9.09. The van der Waals surface area contributed by atoms with Crippen LogP contribution in [-0.4, -0.2) is 22.6 Å². The summed E-state index contributed by atoms with van der Waals surface area (Å²) < 4.78 is 4.09. The molecular formula is C20H23NO2S5. The van der Waals surface area contributed by atoms with Gasteiger partial charge < -0.3 is 5.11 Å². The number of carbonyl (C=O) groups is 1. The smallest absolute Gasteiger partial charge is 0.346 e. The SMILES string of the molecule is CCCCSC1=C(SCCCC)SC(=Cc2ccc(/C=C(\C#N)C(=O)O)s2)S1. The molecule has 0 fully saturated rings. The monoisotopic (exact) mass is 469 g/mol. The first-order chi connectivity index (χ1) is 13.6. The van der Waals surface area contributed by atoms with Gasteiger partial charge in [-0.2, -0.15) is 5.26 Å². The van der Waals surface area contributed by atoms with Crippen molar-refractivity contribution in [1.29, 1.82) is 5.26 Å². The number of carboxylic acid groups (broad SMARTS) is 1. The highest BCUT2D eigenvalue weighted by Crippen LogP contribution is 2.58. The highest BCUT2D eigenvalue weighted by atomic mass is 32.3. The number of hydrogen-bond acceptors (Lipinski definition) is 7. The van der Waals surface area contributed by atoms with Gasteiger partial charge in [0.2, 0.25) is 0 Å². The molecule has 3 nitrogen and oxygen atoms in total. The summed E-state index contributed by atoms with van der Waals surface area (Å²) in [5, 5.41) is 17.9. The van der Waals surface area contributed by atoms with Crippen LogP contribution < -0.4 is 0 Å². The fourth-order valence-corrected chi connectivity index (χ4v) is 9.19. The number of carboxylic acids is 1. The van der Waals surface area contributed by atoms with Crippen LogP contribution in [-0.2, 0) is 4.79 Å². The molecule has 0 amide bonds. The Balaban J connectivity index is 2.08. The zero-order chi connectivity index (χ0) is 20.4. The van der Waals surface area contributed by atoms with Gasteiger partial charge in [-0.15, -0.1) is 34.9 Å². The van der Waals surface area contributed by atoms with Gasteiger partial charge in [-0.1, -0.05) is 50.2 Å². The summed E-state index contributed by atoms with van der Waals surface area (Å²) in [4.78, 5) is 12.8. The summed E-state index contributed by atoms with van der Waals surface area (Å²) in [5.41, 5.74) is -0.239. The average molecular weight is 470 g/mol. The van der Waals surface area contributed by atoms with E-state index in [1.807, 2.05) is 59.2 Å². The van der Waals surface area contributed by atoms with Crippen molar-refractivity contribution in [3.63, 3.8) is 0 Å². The predicted octanol–water partition coefficient (Wildman–Crippen LogP) is 7.71. The Labute approximate surface area is 188 Å². The Morgan fingerprint density at radius 1 is 1.11 bits per heavy atom. The molecule has 0 bridgehead atoms. The summed E-state index contributed by atoms with van der Waals surface area (Å²) in [6.07, 6.45) is 8.49. The van der Waals surface area contributed by atoms with Crippen LogP contribution in [0.25, 0.3) is 12.2 Å². The van der Waals surface area contributed by atoms with Crippen molar-refractivity contribution in [3.05, 3.63) is 40.2 Å². The van der Waals surface area contributed by atoms with Gasteiger partial charge >= 0.3 is 5.97 Å². The molecule has 28 heavy (non-hydrogen) atoms. The van der Waals surface area contributed by atoms with Gasteiger partial charge in [0.05, 0.1) is 12.7 Å². The van der Waals surface area contributed by atoms with Gasteiger partial charge in [-0.3, -0.25) is 0 Å². The minimum absolute atomic E-state index is 0.239. The van der Waals surface area contributed by atoms with E-state index in [9.17, 15) is 4.79 Å². The molecule has 0 spiro atoms. The lowest BCUT2D eigenvalue weighted by molar-refractivity contribution is -0.132. The molecule has 2 rings (SSSR count). The quantitative estimate of drug-likeness (QED) is 0.202. The van der Waals surface area contributed by atoms with Gasteiger partial charge in [0.1, 0.15) is 11.6 Å². The third-order valence-corrected chi connectivity index (χ3v) is 10.1. The fourth-order valence-electron chi connectivity index (χ4n) is 2.06. The summed E-state index contributed by atoms with van der Waals surface area (Å²) in [6, 6.07) is 5.57. The third-order valence-electron chi connectivity index (χ3n) is 3.56. The minimum atomic E-state index is -1.19. The van der Waals surface area contributed by atoms with Crippen molar-refractivity contribution < 1.29 is 9.90 Å². The topological polar surface area (TPSA) is 61.1 Å². The third kappa shape index (κ3) is 7.60. The predicted molar refractivity (Wildman–Crippen MR) is 130 cm³/mol. The Morgan fingerprint density at radius 3 is 2.18 bits per heavy atom. The first kappa shape index (κ1) is 23.6. The normalized spacial score (nSPS) is 14.5. The Bertz CT molecular complexity index is 793. The molecule has 8 heteroatoms. The molecule has 0 aromatic carbocycles. The fraction of sp³-hybridized carbons (Fsp3) is 0.400. The molecule has 0 atom stereocenters. The van der Waals surface area contributed by atoms with Crippen molar-refractivity contribution in [1.82, 2.24) is 0 Å². The summed E-state index contributed by atoms with van der Waals surface area (Å²) in [7, 11) is 0. The lowest BCUT2D eigenvalue weighted by atomic mass is 10.2. The molecule has 0 unspecified atom stereocenters. The number of rotatable bonds is 11. The maximum atomic E-state index is 11.0. The van der Waals surface area contributed by atoms with Crippen LogP contribution in [0.3, 0.4) is 0 Å². The molecule has 1 aromatic heterocycles. The number of nitrogens with zero attached hydrogens (tertiary/aromatic N) is 1. The zero-order valence-electron chi connectivity index (χ0n) is 15.9. The lowest BCUT2D eigenvalue weighted by Crippen LogP contribution is -1.96. The molecule has 150 valence electrons. The van der Waals surface area contributed by atoms with Crippen molar-refractivity contribution in [2.45, 2.75) is 39.5 Å². The number of hydrogen-bond donors (Lipinski definition) is 1. The van der Waals surface area contributed by atoms with Gasteiger partial charge in [-0.05, 0) is 48.6 Å². The summed E-state index contributed by atoms with van der Waals surface area (Å²) >= 11 is 9.11. The van der Waals surface area contributed by atoms with Crippen molar-refractivity contribution >= 4 is 76.5 Å². The molecule has 1 aliphatic heterocycles. The molecule has 0 aliphatic carbocycles. The molecule has 2 heterocycles. The number of aliphatic carboxylic acids is 1. The number of thiophene rings is 1. The lowest BCUT2D eigenvalue weighted by Gasteiger charge is -2.03. The molecule has 1 aromatic rings. The van der Waals surface area contributed by atoms with Crippen LogP contribution in [0.15, 0.2) is 30.4 Å². The zero-order valence-corrected chi connectivity index (χ0v) is 20.0. The van der Waals surface area contributed by atoms with Gasteiger partial charge in [0, 0.05) is 9.75 Å². The van der Waals surface area contributed by atoms with E-state index >= 15 is 0 Å². The van der Waals surface area contributed by atoms with Gasteiger partial charge in [0.25, 0.3) is 0 Å². The van der Waals surface area contributed by atoms with E-state index in [4.69, 9.17) is 10.4 Å². The largest absolute Gasteiger partial charge is 0.477 e. The maximum Gasteiger partial charge on any atom is 0.346 e. The number of nitriles is 1. The van der Waals surface area contributed by atoms with E-state index in [0.717, 1.165) is 21.3 Å². The van der Waals surface area contributed by atoms with Gasteiger partial charge in [0.15, 0.2) is 0 Å². The van der Waals surface area contributed by atoms with Crippen LogP contribution in [0.5, 0.6) is 0 Å². The number of unbranched alkanes of at least 4 members (excludes halogenated alkanes) is 2.